The maximum atomic E-state index is 14.5. The van der Waals surface area contributed by atoms with Gasteiger partial charge in [-0.05, 0) is 0 Å². The highest BCUT2D eigenvalue weighted by Crippen LogP contribution is 2.52. The minimum Gasteiger partial charge on any atom is -0.477 e. The van der Waals surface area contributed by atoms with Crippen molar-refractivity contribution in [3.63, 3.8) is 0 Å². The van der Waals surface area contributed by atoms with E-state index in [2.05, 4.69) is 4.94 Å². The molecule has 0 aromatic heterocycles. The fraction of sp³-hybridized carbons (Fsp3) is 0.0667. The molecule has 4 nitrogen and oxygen atoms in total. The molecule has 1 aliphatic rings. The third-order valence-electron chi connectivity index (χ3n) is 3.96. The Morgan fingerprint density at radius 3 is 1.56 bits per heavy atom. The number of hydrogen-bond acceptors (Lipinski definition) is 3. The molecule has 0 radical (unpaired) electrons. The van der Waals surface area contributed by atoms with E-state index in [9.17, 15) is 44.8 Å². The Labute approximate surface area is 142 Å². The van der Waals surface area contributed by atoms with Crippen LogP contribution in [0.2, 0.25) is 0 Å². The number of aromatic carboxylic acids is 1. The van der Waals surface area contributed by atoms with E-state index in [0.717, 1.165) is 0 Å². The summed E-state index contributed by atoms with van der Waals surface area (Å²) in [5, 5.41) is 8.73. The van der Waals surface area contributed by atoms with E-state index in [-0.39, 0.29) is 0 Å². The summed E-state index contributed by atoms with van der Waals surface area (Å²) in [6.45, 7) is 0. The molecule has 0 aliphatic heterocycles. The molecular formula is C15H2F8O4. The molecule has 0 bridgehead atoms. The van der Waals surface area contributed by atoms with Crippen molar-refractivity contribution in [2.24, 2.45) is 0 Å². The lowest BCUT2D eigenvalue weighted by Gasteiger charge is -2.10. The van der Waals surface area contributed by atoms with Crippen molar-refractivity contribution in [2.45, 2.75) is 6.17 Å². The van der Waals surface area contributed by atoms with Crippen LogP contribution >= 0.6 is 0 Å². The lowest BCUT2D eigenvalue weighted by Crippen LogP contribution is -2.12. The summed E-state index contributed by atoms with van der Waals surface area (Å²) < 4.78 is 111. The van der Waals surface area contributed by atoms with Gasteiger partial charge in [0.05, 0.1) is 0 Å². The van der Waals surface area contributed by atoms with E-state index in [1.165, 1.54) is 0 Å². The number of halogens is 8. The number of carboxylic acids is 1. The number of carbonyl (C=O) groups excluding carboxylic acids is 1. The van der Waals surface area contributed by atoms with Crippen molar-refractivity contribution in [3.05, 3.63) is 57.2 Å². The molecule has 0 amide bonds. The average Bonchev–Trinajstić information content (AvgIpc) is 2.91. The first-order valence-electron chi connectivity index (χ1n) is 6.67. The zero-order chi connectivity index (χ0) is 20.4. The Kier molecular flexibility index (Phi) is 4.08. The van der Waals surface area contributed by atoms with Crippen molar-refractivity contribution in [1.82, 2.24) is 0 Å². The van der Waals surface area contributed by atoms with Gasteiger partial charge in [0.1, 0.15) is 22.8 Å². The lowest BCUT2D eigenvalue weighted by atomic mass is 9.99. The molecule has 27 heavy (non-hydrogen) atoms. The summed E-state index contributed by atoms with van der Waals surface area (Å²) in [6, 6.07) is 0. The predicted octanol–water partition coefficient (Wildman–Crippen LogP) is 4.30. The van der Waals surface area contributed by atoms with Crippen LogP contribution in [0.5, 0.6) is 0 Å². The van der Waals surface area contributed by atoms with E-state index < -0.39 is 86.4 Å². The Hall–Kier alpha value is -3.18. The van der Waals surface area contributed by atoms with Crippen molar-refractivity contribution in [1.29, 1.82) is 0 Å². The summed E-state index contributed by atoms with van der Waals surface area (Å²) in [5.41, 5.74) is -10.5. The Balaban J connectivity index is 2.51. The number of fused-ring (bicyclic) bond motifs is 3. The van der Waals surface area contributed by atoms with Crippen LogP contribution in [-0.2, 0) is 4.94 Å². The standard InChI is InChI=1S/C15H2F8O4/c16-7-3-1(10(19)12(21)5(8(3)17)14(24)25)2-4(7)9(18)6(15(26)27-23)13(22)11(2)20/h7H,(H,24,25). The highest BCUT2D eigenvalue weighted by atomic mass is 19.3. The average molecular weight is 398 g/mol. The molecule has 2 aromatic carbocycles. The normalized spacial score (nSPS) is 14.7. The smallest absolute Gasteiger partial charge is 0.385 e. The van der Waals surface area contributed by atoms with E-state index in [1.807, 2.05) is 0 Å². The van der Waals surface area contributed by atoms with Gasteiger partial charge in [0, 0.05) is 26.8 Å². The molecule has 12 heteroatoms. The molecule has 1 atom stereocenters. The van der Waals surface area contributed by atoms with Gasteiger partial charge in [0.2, 0.25) is 0 Å². The second-order valence-electron chi connectivity index (χ2n) is 5.24. The summed E-state index contributed by atoms with van der Waals surface area (Å²) in [6.07, 6.45) is -3.16. The molecule has 0 fully saturated rings. The minimum absolute atomic E-state index is 1.60. The summed E-state index contributed by atoms with van der Waals surface area (Å²) in [7, 11) is 0. The SMILES string of the molecule is O=C(O)c1c(F)c(F)c2c(c1F)C(F)c1c(F)c(C(=O)OF)c(F)c(F)c1-2. The van der Waals surface area contributed by atoms with Crippen molar-refractivity contribution in [3.8, 4) is 11.1 Å². The molecule has 142 valence electrons. The first-order valence-corrected chi connectivity index (χ1v) is 6.67. The maximum absolute atomic E-state index is 14.5. The topological polar surface area (TPSA) is 63.6 Å². The van der Waals surface area contributed by atoms with Gasteiger partial charge < -0.3 is 5.11 Å². The van der Waals surface area contributed by atoms with Crippen LogP contribution in [0.1, 0.15) is 38.0 Å². The van der Waals surface area contributed by atoms with Crippen molar-refractivity contribution < 1.29 is 54.9 Å². The van der Waals surface area contributed by atoms with Crippen LogP contribution in [0, 0.1) is 34.9 Å². The quantitative estimate of drug-likeness (QED) is 0.605. The van der Waals surface area contributed by atoms with Gasteiger partial charge in [-0.1, -0.05) is 0 Å². The van der Waals surface area contributed by atoms with E-state index in [0.29, 0.717) is 0 Å². The maximum Gasteiger partial charge on any atom is 0.385 e. The fourth-order valence-corrected chi connectivity index (χ4v) is 2.87. The Morgan fingerprint density at radius 1 is 0.741 bits per heavy atom. The third-order valence-corrected chi connectivity index (χ3v) is 3.96. The van der Waals surface area contributed by atoms with E-state index >= 15 is 0 Å². The summed E-state index contributed by atoms with van der Waals surface area (Å²) in [4.78, 5) is 24.5. The van der Waals surface area contributed by atoms with Gasteiger partial charge in [0.15, 0.2) is 29.4 Å². The van der Waals surface area contributed by atoms with Crippen LogP contribution in [0.4, 0.5) is 35.3 Å². The van der Waals surface area contributed by atoms with Gasteiger partial charge in [0.25, 0.3) is 0 Å². The molecule has 2 aromatic rings. The molecule has 3 rings (SSSR count). The van der Waals surface area contributed by atoms with Gasteiger partial charge in [-0.2, -0.15) is 0 Å². The Morgan fingerprint density at radius 2 is 1.15 bits per heavy atom. The zero-order valence-electron chi connectivity index (χ0n) is 12.3. The van der Waals surface area contributed by atoms with Crippen LogP contribution in [0.15, 0.2) is 0 Å². The molecule has 0 spiro atoms. The second-order valence-corrected chi connectivity index (χ2v) is 5.24. The molecule has 0 saturated carbocycles. The number of carbonyl (C=O) groups is 2. The van der Waals surface area contributed by atoms with Crippen LogP contribution in [0.3, 0.4) is 0 Å². The molecule has 1 N–H and O–H groups in total. The molecule has 0 saturated heterocycles. The number of hydrogen-bond donors (Lipinski definition) is 1. The third kappa shape index (κ3) is 2.22. The van der Waals surface area contributed by atoms with E-state index in [4.69, 9.17) is 5.11 Å². The lowest BCUT2D eigenvalue weighted by molar-refractivity contribution is -0.0796. The highest BCUT2D eigenvalue weighted by molar-refractivity contribution is 5.94. The molecule has 1 unspecified atom stereocenters. The van der Waals surface area contributed by atoms with Gasteiger partial charge in [-0.3, -0.25) is 0 Å². The summed E-state index contributed by atoms with van der Waals surface area (Å²) >= 11 is 0. The fourth-order valence-electron chi connectivity index (χ4n) is 2.87. The minimum atomic E-state index is -3.16. The number of alkyl halides is 1. The first-order chi connectivity index (χ1) is 12.6. The molecule has 1 aliphatic carbocycles. The zero-order valence-corrected chi connectivity index (χ0v) is 12.3. The predicted molar refractivity (Wildman–Crippen MR) is 68.1 cm³/mol. The van der Waals surface area contributed by atoms with Crippen molar-refractivity contribution in [2.75, 3.05) is 0 Å². The number of carboxylic acid groups (broad SMARTS) is 1. The number of benzene rings is 2. The Bertz CT molecular complexity index is 1050. The molecular weight excluding hydrogens is 396 g/mol. The summed E-state index contributed by atoms with van der Waals surface area (Å²) in [5.74, 6) is -18.6. The number of rotatable bonds is 2. The van der Waals surface area contributed by atoms with Crippen LogP contribution in [-0.4, -0.2) is 17.0 Å². The van der Waals surface area contributed by atoms with E-state index in [1.54, 1.807) is 0 Å². The first kappa shape index (κ1) is 18.6. The van der Waals surface area contributed by atoms with Crippen molar-refractivity contribution >= 4 is 11.9 Å². The highest BCUT2D eigenvalue weighted by Gasteiger charge is 2.45. The molecule has 0 heterocycles. The second kappa shape index (κ2) is 5.93. The van der Waals surface area contributed by atoms with Crippen LogP contribution < -0.4 is 0 Å². The monoisotopic (exact) mass is 398 g/mol. The van der Waals surface area contributed by atoms with Gasteiger partial charge >= 0.3 is 11.9 Å². The van der Waals surface area contributed by atoms with Gasteiger partial charge in [-0.25, -0.2) is 45.3 Å². The van der Waals surface area contributed by atoms with Crippen LogP contribution in [0.25, 0.3) is 11.1 Å². The largest absolute Gasteiger partial charge is 0.477 e. The van der Waals surface area contributed by atoms with Gasteiger partial charge in [-0.15, -0.1) is 0 Å².